The predicted molar refractivity (Wildman–Crippen MR) is 87.0 cm³/mol. The summed E-state index contributed by atoms with van der Waals surface area (Å²) in [5.74, 6) is 0.349. The standard InChI is InChI=1S/C15H18N4OS/c1-3-8-17-14-10-16-9-13(19-14)15(20)18-11-4-6-12(21-2)7-5-11/h4-7,9-10H,3,8H2,1-2H3,(H,17,19)(H,18,20). The van der Waals surface area contributed by atoms with Crippen LogP contribution in [0.4, 0.5) is 11.5 Å². The van der Waals surface area contributed by atoms with E-state index >= 15 is 0 Å². The molecule has 0 atom stereocenters. The summed E-state index contributed by atoms with van der Waals surface area (Å²) in [5.41, 5.74) is 1.04. The molecule has 0 aliphatic carbocycles. The van der Waals surface area contributed by atoms with Crippen LogP contribution in [0.1, 0.15) is 23.8 Å². The number of aromatic nitrogens is 2. The highest BCUT2D eigenvalue weighted by atomic mass is 32.2. The van der Waals surface area contributed by atoms with Gasteiger partial charge >= 0.3 is 0 Å². The first kappa shape index (κ1) is 15.3. The SMILES string of the molecule is CCCNc1cncc(C(=O)Nc2ccc(SC)cc2)n1. The van der Waals surface area contributed by atoms with Crippen LogP contribution in [0, 0.1) is 0 Å². The minimum atomic E-state index is -0.264. The van der Waals surface area contributed by atoms with E-state index in [0.29, 0.717) is 11.5 Å². The molecule has 0 saturated carbocycles. The third kappa shape index (κ3) is 4.46. The van der Waals surface area contributed by atoms with Gasteiger partial charge in [-0.2, -0.15) is 0 Å². The van der Waals surface area contributed by atoms with Crippen LogP contribution in [0.2, 0.25) is 0 Å². The van der Waals surface area contributed by atoms with Crippen LogP contribution < -0.4 is 10.6 Å². The highest BCUT2D eigenvalue weighted by molar-refractivity contribution is 7.98. The summed E-state index contributed by atoms with van der Waals surface area (Å²) < 4.78 is 0. The Balaban J connectivity index is 2.05. The average molecular weight is 302 g/mol. The van der Waals surface area contributed by atoms with E-state index in [9.17, 15) is 4.79 Å². The summed E-state index contributed by atoms with van der Waals surface area (Å²) in [5, 5.41) is 5.93. The Hall–Kier alpha value is -2.08. The van der Waals surface area contributed by atoms with E-state index in [4.69, 9.17) is 0 Å². The van der Waals surface area contributed by atoms with Gasteiger partial charge in [0.2, 0.25) is 0 Å². The molecule has 1 aromatic carbocycles. The van der Waals surface area contributed by atoms with Gasteiger partial charge in [0.25, 0.3) is 5.91 Å². The Bertz CT molecular complexity index is 601. The summed E-state index contributed by atoms with van der Waals surface area (Å²) in [6, 6.07) is 7.67. The zero-order valence-corrected chi connectivity index (χ0v) is 12.9. The topological polar surface area (TPSA) is 66.9 Å². The van der Waals surface area contributed by atoms with Crippen LogP contribution in [0.5, 0.6) is 0 Å². The molecule has 0 unspecified atom stereocenters. The number of carbonyl (C=O) groups excluding carboxylic acids is 1. The molecule has 0 fully saturated rings. The van der Waals surface area contributed by atoms with Crippen molar-refractivity contribution >= 4 is 29.2 Å². The molecule has 2 N–H and O–H groups in total. The third-order valence-electron chi connectivity index (χ3n) is 2.77. The maximum absolute atomic E-state index is 12.1. The Labute approximate surface area is 128 Å². The number of thioether (sulfide) groups is 1. The van der Waals surface area contributed by atoms with Crippen LogP contribution >= 0.6 is 11.8 Å². The fraction of sp³-hybridized carbons (Fsp3) is 0.267. The number of hydrogen-bond donors (Lipinski definition) is 2. The Morgan fingerprint density at radius 3 is 2.67 bits per heavy atom. The van der Waals surface area contributed by atoms with Gasteiger partial charge in [-0.05, 0) is 36.9 Å². The van der Waals surface area contributed by atoms with E-state index in [2.05, 4.69) is 27.5 Å². The Morgan fingerprint density at radius 2 is 2.00 bits per heavy atom. The van der Waals surface area contributed by atoms with Gasteiger partial charge in [0.15, 0.2) is 0 Å². The molecule has 1 amide bonds. The fourth-order valence-corrected chi connectivity index (χ4v) is 2.09. The van der Waals surface area contributed by atoms with Crippen molar-refractivity contribution in [2.24, 2.45) is 0 Å². The number of anilines is 2. The number of nitrogens with one attached hydrogen (secondary N) is 2. The molecule has 0 aliphatic heterocycles. The smallest absolute Gasteiger partial charge is 0.275 e. The normalized spacial score (nSPS) is 10.2. The molecule has 6 heteroatoms. The lowest BCUT2D eigenvalue weighted by Crippen LogP contribution is -2.15. The third-order valence-corrected chi connectivity index (χ3v) is 3.51. The minimum Gasteiger partial charge on any atom is -0.369 e. The fourth-order valence-electron chi connectivity index (χ4n) is 1.68. The van der Waals surface area contributed by atoms with E-state index in [1.807, 2.05) is 30.5 Å². The molecule has 110 valence electrons. The van der Waals surface area contributed by atoms with E-state index in [0.717, 1.165) is 23.5 Å². The lowest BCUT2D eigenvalue weighted by Gasteiger charge is -2.07. The van der Waals surface area contributed by atoms with Gasteiger partial charge < -0.3 is 10.6 Å². The monoisotopic (exact) mass is 302 g/mol. The van der Waals surface area contributed by atoms with E-state index in [-0.39, 0.29) is 5.91 Å². The van der Waals surface area contributed by atoms with Crippen molar-refractivity contribution in [2.75, 3.05) is 23.4 Å². The van der Waals surface area contributed by atoms with Gasteiger partial charge in [-0.15, -0.1) is 11.8 Å². The molecule has 5 nitrogen and oxygen atoms in total. The lowest BCUT2D eigenvalue weighted by atomic mass is 10.3. The lowest BCUT2D eigenvalue weighted by molar-refractivity contribution is 0.102. The molecular weight excluding hydrogens is 284 g/mol. The van der Waals surface area contributed by atoms with Crippen LogP contribution in [0.25, 0.3) is 0 Å². The Kier molecular flexibility index (Phi) is 5.57. The van der Waals surface area contributed by atoms with Crippen LogP contribution in [0.15, 0.2) is 41.6 Å². The minimum absolute atomic E-state index is 0.264. The van der Waals surface area contributed by atoms with Crippen molar-refractivity contribution in [3.63, 3.8) is 0 Å². The van der Waals surface area contributed by atoms with Gasteiger partial charge in [0.05, 0.1) is 12.4 Å². The molecule has 0 bridgehead atoms. The second kappa shape index (κ2) is 7.64. The first-order valence-corrected chi connectivity index (χ1v) is 7.96. The molecule has 0 spiro atoms. The summed E-state index contributed by atoms with van der Waals surface area (Å²) in [6.07, 6.45) is 6.07. The molecule has 0 saturated heterocycles. The van der Waals surface area contributed by atoms with Crippen LogP contribution in [-0.2, 0) is 0 Å². The first-order valence-electron chi connectivity index (χ1n) is 6.74. The van der Waals surface area contributed by atoms with Crippen LogP contribution in [0.3, 0.4) is 0 Å². The summed E-state index contributed by atoms with van der Waals surface area (Å²) in [7, 11) is 0. The molecule has 2 rings (SSSR count). The highest BCUT2D eigenvalue weighted by Crippen LogP contribution is 2.17. The second-order valence-corrected chi connectivity index (χ2v) is 5.28. The Morgan fingerprint density at radius 1 is 1.24 bits per heavy atom. The van der Waals surface area contributed by atoms with Crippen molar-refractivity contribution < 1.29 is 4.79 Å². The van der Waals surface area contributed by atoms with Gasteiger partial charge in [-0.25, -0.2) is 4.98 Å². The highest BCUT2D eigenvalue weighted by Gasteiger charge is 2.09. The quantitative estimate of drug-likeness (QED) is 0.802. The zero-order chi connectivity index (χ0) is 15.1. The largest absolute Gasteiger partial charge is 0.369 e. The maximum Gasteiger partial charge on any atom is 0.275 e. The molecule has 1 aromatic heterocycles. The van der Waals surface area contributed by atoms with Crippen molar-refractivity contribution in [3.8, 4) is 0 Å². The van der Waals surface area contributed by atoms with Gasteiger partial charge in [0, 0.05) is 17.1 Å². The van der Waals surface area contributed by atoms with Gasteiger partial charge in [-0.3, -0.25) is 9.78 Å². The van der Waals surface area contributed by atoms with Gasteiger partial charge in [0.1, 0.15) is 11.5 Å². The molecule has 0 aliphatic rings. The molecular formula is C15H18N4OS. The van der Waals surface area contributed by atoms with Gasteiger partial charge in [-0.1, -0.05) is 6.92 Å². The van der Waals surface area contributed by atoms with Crippen molar-refractivity contribution in [3.05, 3.63) is 42.4 Å². The number of nitrogens with zero attached hydrogens (tertiary/aromatic N) is 2. The van der Waals surface area contributed by atoms with Crippen molar-refractivity contribution in [1.29, 1.82) is 0 Å². The number of benzene rings is 1. The van der Waals surface area contributed by atoms with E-state index in [1.165, 1.54) is 6.20 Å². The summed E-state index contributed by atoms with van der Waals surface area (Å²) in [6.45, 7) is 2.87. The predicted octanol–water partition coefficient (Wildman–Crippen LogP) is 3.27. The molecule has 2 aromatic rings. The van der Waals surface area contributed by atoms with E-state index in [1.54, 1.807) is 18.0 Å². The summed E-state index contributed by atoms with van der Waals surface area (Å²) >= 11 is 1.66. The molecule has 0 radical (unpaired) electrons. The number of hydrogen-bond acceptors (Lipinski definition) is 5. The second-order valence-electron chi connectivity index (χ2n) is 4.40. The number of amides is 1. The van der Waals surface area contributed by atoms with Crippen LogP contribution in [-0.4, -0.2) is 28.7 Å². The molecule has 21 heavy (non-hydrogen) atoms. The number of carbonyl (C=O) groups is 1. The molecule has 1 heterocycles. The van der Waals surface area contributed by atoms with Crippen molar-refractivity contribution in [2.45, 2.75) is 18.2 Å². The zero-order valence-electron chi connectivity index (χ0n) is 12.1. The number of rotatable bonds is 6. The average Bonchev–Trinajstić information content (AvgIpc) is 2.54. The maximum atomic E-state index is 12.1. The van der Waals surface area contributed by atoms with Crippen molar-refractivity contribution in [1.82, 2.24) is 9.97 Å². The summed E-state index contributed by atoms with van der Waals surface area (Å²) in [4.78, 5) is 21.6. The first-order chi connectivity index (χ1) is 10.2. The van der Waals surface area contributed by atoms with E-state index < -0.39 is 0 Å².